The minimum atomic E-state index is 0.216. The van der Waals surface area contributed by atoms with E-state index >= 15 is 0 Å². The van der Waals surface area contributed by atoms with Gasteiger partial charge in [-0.05, 0) is 25.0 Å². The van der Waals surface area contributed by atoms with Crippen molar-refractivity contribution in [3.8, 4) is 23.6 Å². The number of nitriles is 2. The summed E-state index contributed by atoms with van der Waals surface area (Å²) >= 11 is 0. The van der Waals surface area contributed by atoms with Crippen LogP contribution in [0.4, 0.5) is 0 Å². The standard InChI is InChI=1S/C16H14N2O2/c1-9-5-6-10(2)14-13(9)15(19-3)11(7-17)12(8-18)16(14)20-4/h5-6H,1-4H3. The van der Waals surface area contributed by atoms with Gasteiger partial charge < -0.3 is 9.47 Å². The third-order valence-electron chi connectivity index (χ3n) is 3.41. The van der Waals surface area contributed by atoms with Crippen LogP contribution in [0.2, 0.25) is 0 Å². The molecule has 0 saturated carbocycles. The lowest BCUT2D eigenvalue weighted by atomic mass is 9.93. The van der Waals surface area contributed by atoms with Gasteiger partial charge in [-0.1, -0.05) is 12.1 Å². The Morgan fingerprint density at radius 2 is 1.15 bits per heavy atom. The Labute approximate surface area is 117 Å². The molecule has 0 radical (unpaired) electrons. The maximum absolute atomic E-state index is 9.36. The predicted octanol–water partition coefficient (Wildman–Crippen LogP) is 3.22. The molecular weight excluding hydrogens is 252 g/mol. The molecule has 4 nitrogen and oxygen atoms in total. The second-order valence-electron chi connectivity index (χ2n) is 4.49. The second kappa shape index (κ2) is 5.11. The molecule has 0 spiro atoms. The maximum Gasteiger partial charge on any atom is 0.146 e. The number of rotatable bonds is 2. The molecule has 0 unspecified atom stereocenters. The Morgan fingerprint density at radius 1 is 0.800 bits per heavy atom. The number of ether oxygens (including phenoxy) is 2. The van der Waals surface area contributed by atoms with E-state index in [1.54, 1.807) is 0 Å². The van der Waals surface area contributed by atoms with Gasteiger partial charge in [0, 0.05) is 10.8 Å². The van der Waals surface area contributed by atoms with Crippen molar-refractivity contribution in [3.63, 3.8) is 0 Å². The molecule has 2 rings (SSSR count). The van der Waals surface area contributed by atoms with Gasteiger partial charge in [0.2, 0.25) is 0 Å². The molecule has 0 bridgehead atoms. The number of fused-ring (bicyclic) bond motifs is 1. The van der Waals surface area contributed by atoms with Crippen LogP contribution in [0.3, 0.4) is 0 Å². The Kier molecular flexibility index (Phi) is 3.50. The molecule has 0 heterocycles. The average Bonchev–Trinajstić information content (AvgIpc) is 2.47. The van der Waals surface area contributed by atoms with Gasteiger partial charge in [-0.3, -0.25) is 0 Å². The van der Waals surface area contributed by atoms with Gasteiger partial charge in [0.25, 0.3) is 0 Å². The zero-order valence-electron chi connectivity index (χ0n) is 11.9. The van der Waals surface area contributed by atoms with Gasteiger partial charge in [-0.2, -0.15) is 10.5 Å². The van der Waals surface area contributed by atoms with Crippen LogP contribution in [0.1, 0.15) is 22.3 Å². The molecule has 0 aromatic heterocycles. The van der Waals surface area contributed by atoms with Crippen LogP contribution >= 0.6 is 0 Å². The van der Waals surface area contributed by atoms with Crippen molar-refractivity contribution in [2.24, 2.45) is 0 Å². The smallest absolute Gasteiger partial charge is 0.146 e. The zero-order valence-corrected chi connectivity index (χ0v) is 11.9. The van der Waals surface area contributed by atoms with E-state index in [4.69, 9.17) is 9.47 Å². The molecule has 0 fully saturated rings. The Balaban J connectivity index is 3.21. The lowest BCUT2D eigenvalue weighted by molar-refractivity contribution is 0.408. The third-order valence-corrected chi connectivity index (χ3v) is 3.41. The second-order valence-corrected chi connectivity index (χ2v) is 4.49. The van der Waals surface area contributed by atoms with E-state index in [9.17, 15) is 10.5 Å². The summed E-state index contributed by atoms with van der Waals surface area (Å²) in [5.41, 5.74) is 2.38. The van der Waals surface area contributed by atoms with Crippen molar-refractivity contribution in [1.82, 2.24) is 0 Å². The van der Waals surface area contributed by atoms with Crippen molar-refractivity contribution in [2.75, 3.05) is 14.2 Å². The number of hydrogen-bond acceptors (Lipinski definition) is 4. The molecule has 2 aromatic rings. The number of methoxy groups -OCH3 is 2. The van der Waals surface area contributed by atoms with Crippen LogP contribution in [0, 0.1) is 36.5 Å². The molecule has 0 amide bonds. The zero-order chi connectivity index (χ0) is 14.9. The predicted molar refractivity (Wildman–Crippen MR) is 76.0 cm³/mol. The summed E-state index contributed by atoms with van der Waals surface area (Å²) in [7, 11) is 3.01. The highest BCUT2D eigenvalue weighted by molar-refractivity contribution is 6.01. The first-order valence-electron chi connectivity index (χ1n) is 6.08. The number of nitrogens with zero attached hydrogens (tertiary/aromatic N) is 2. The normalized spacial score (nSPS) is 9.90. The fourth-order valence-electron chi connectivity index (χ4n) is 2.49. The molecule has 4 heteroatoms. The molecule has 0 aliphatic rings. The van der Waals surface area contributed by atoms with E-state index in [2.05, 4.69) is 12.1 Å². The molecule has 0 atom stereocenters. The maximum atomic E-state index is 9.36. The van der Waals surface area contributed by atoms with Gasteiger partial charge in [0.1, 0.15) is 34.8 Å². The first-order valence-corrected chi connectivity index (χ1v) is 6.08. The van der Waals surface area contributed by atoms with Crippen LogP contribution in [0.5, 0.6) is 11.5 Å². The monoisotopic (exact) mass is 266 g/mol. The summed E-state index contributed by atoms with van der Waals surface area (Å²) in [4.78, 5) is 0. The fraction of sp³-hybridized carbons (Fsp3) is 0.250. The Hall–Kier alpha value is -2.72. The Morgan fingerprint density at radius 3 is 1.40 bits per heavy atom. The van der Waals surface area contributed by atoms with E-state index in [-0.39, 0.29) is 11.1 Å². The molecular formula is C16H14N2O2. The van der Waals surface area contributed by atoms with Crippen LogP contribution in [-0.4, -0.2) is 14.2 Å². The van der Waals surface area contributed by atoms with Gasteiger partial charge in [-0.25, -0.2) is 0 Å². The van der Waals surface area contributed by atoms with Crippen LogP contribution in [0.15, 0.2) is 12.1 Å². The highest BCUT2D eigenvalue weighted by atomic mass is 16.5. The summed E-state index contributed by atoms with van der Waals surface area (Å²) in [5, 5.41) is 20.4. The van der Waals surface area contributed by atoms with Crippen molar-refractivity contribution >= 4 is 10.8 Å². The van der Waals surface area contributed by atoms with Crippen molar-refractivity contribution in [2.45, 2.75) is 13.8 Å². The van der Waals surface area contributed by atoms with Crippen LogP contribution in [-0.2, 0) is 0 Å². The van der Waals surface area contributed by atoms with E-state index in [1.165, 1.54) is 14.2 Å². The molecule has 2 aromatic carbocycles. The molecule has 0 N–H and O–H groups in total. The van der Waals surface area contributed by atoms with Crippen molar-refractivity contribution in [1.29, 1.82) is 10.5 Å². The van der Waals surface area contributed by atoms with Gasteiger partial charge in [-0.15, -0.1) is 0 Å². The number of benzene rings is 2. The lowest BCUT2D eigenvalue weighted by Gasteiger charge is -2.17. The quantitative estimate of drug-likeness (QED) is 0.837. The van der Waals surface area contributed by atoms with Gasteiger partial charge >= 0.3 is 0 Å². The van der Waals surface area contributed by atoms with Crippen molar-refractivity contribution < 1.29 is 9.47 Å². The SMILES string of the molecule is COc1c(C#N)c(C#N)c(OC)c2c(C)ccc(C)c12. The summed E-state index contributed by atoms with van der Waals surface area (Å²) in [5.74, 6) is 0.863. The molecule has 100 valence electrons. The van der Waals surface area contributed by atoms with Crippen molar-refractivity contribution in [3.05, 3.63) is 34.4 Å². The van der Waals surface area contributed by atoms with E-state index in [1.807, 2.05) is 26.0 Å². The first kappa shape index (κ1) is 13.7. The summed E-state index contributed by atoms with van der Waals surface area (Å²) in [6.45, 7) is 3.88. The van der Waals surface area contributed by atoms with E-state index < -0.39 is 0 Å². The summed E-state index contributed by atoms with van der Waals surface area (Å²) in [6.07, 6.45) is 0. The molecule has 0 aliphatic carbocycles. The minimum absolute atomic E-state index is 0.216. The van der Waals surface area contributed by atoms with E-state index in [0.717, 1.165) is 21.9 Å². The number of hydrogen-bond donors (Lipinski definition) is 0. The molecule has 0 aliphatic heterocycles. The largest absolute Gasteiger partial charge is 0.495 e. The topological polar surface area (TPSA) is 66.0 Å². The van der Waals surface area contributed by atoms with Crippen LogP contribution < -0.4 is 9.47 Å². The molecule has 0 saturated heterocycles. The highest BCUT2D eigenvalue weighted by Gasteiger charge is 2.23. The van der Waals surface area contributed by atoms with Crippen LogP contribution in [0.25, 0.3) is 10.8 Å². The van der Waals surface area contributed by atoms with Gasteiger partial charge in [0.05, 0.1) is 14.2 Å². The molecule has 20 heavy (non-hydrogen) atoms. The summed E-state index contributed by atoms with van der Waals surface area (Å²) < 4.78 is 10.8. The fourth-order valence-corrected chi connectivity index (χ4v) is 2.49. The number of aryl methyl sites for hydroxylation is 2. The Bertz CT molecular complexity index is 714. The highest BCUT2D eigenvalue weighted by Crippen LogP contribution is 2.43. The summed E-state index contributed by atoms with van der Waals surface area (Å²) in [6, 6.07) is 8.03. The first-order chi connectivity index (χ1) is 9.60. The average molecular weight is 266 g/mol. The lowest BCUT2D eigenvalue weighted by Crippen LogP contribution is -2.00. The van der Waals surface area contributed by atoms with Gasteiger partial charge in [0.15, 0.2) is 0 Å². The minimum Gasteiger partial charge on any atom is -0.495 e. The third kappa shape index (κ3) is 1.74. The van der Waals surface area contributed by atoms with E-state index in [0.29, 0.717) is 11.5 Å².